The van der Waals surface area contributed by atoms with Crippen molar-refractivity contribution in [2.75, 3.05) is 12.4 Å². The van der Waals surface area contributed by atoms with E-state index in [1.807, 2.05) is 18.2 Å². The summed E-state index contributed by atoms with van der Waals surface area (Å²) in [5, 5.41) is 2.87. The molecule has 0 radical (unpaired) electrons. The molecule has 0 bridgehead atoms. The number of carbonyl (C=O) groups excluding carboxylic acids is 1. The maximum atomic E-state index is 12.3. The van der Waals surface area contributed by atoms with Gasteiger partial charge < -0.3 is 10.1 Å². The van der Waals surface area contributed by atoms with E-state index >= 15 is 0 Å². The van der Waals surface area contributed by atoms with Crippen molar-refractivity contribution in [3.8, 4) is 5.75 Å². The first-order valence-corrected chi connectivity index (χ1v) is 8.27. The van der Waals surface area contributed by atoms with Crippen molar-refractivity contribution in [2.45, 2.75) is 0 Å². The number of amides is 1. The molecule has 0 aromatic heterocycles. The summed E-state index contributed by atoms with van der Waals surface area (Å²) in [6.07, 6.45) is 0. The number of ether oxygens (including phenoxy) is 1. The van der Waals surface area contributed by atoms with Crippen molar-refractivity contribution in [2.24, 2.45) is 0 Å². The lowest BCUT2D eigenvalue weighted by Gasteiger charge is -2.09. The Morgan fingerprint density at radius 2 is 1.95 bits per heavy atom. The summed E-state index contributed by atoms with van der Waals surface area (Å²) in [5.41, 5.74) is 1.34. The van der Waals surface area contributed by atoms with Crippen LogP contribution in [0.25, 0.3) is 0 Å². The Morgan fingerprint density at radius 3 is 2.60 bits per heavy atom. The van der Waals surface area contributed by atoms with E-state index in [4.69, 9.17) is 4.74 Å². The van der Waals surface area contributed by atoms with E-state index in [-0.39, 0.29) is 5.91 Å². The molecule has 0 saturated heterocycles. The zero-order valence-corrected chi connectivity index (χ0v) is 15.7. The monoisotopic (exact) mass is 509 g/mol. The SMILES string of the molecule is COc1ccc(NC(=O)c2cc(Br)ccc2I)cc1Br. The fourth-order valence-electron chi connectivity index (χ4n) is 1.61. The topological polar surface area (TPSA) is 38.3 Å². The second-order valence-corrected chi connectivity index (χ2v) is 6.86. The maximum absolute atomic E-state index is 12.3. The lowest BCUT2D eigenvalue weighted by Crippen LogP contribution is -2.13. The number of benzene rings is 2. The maximum Gasteiger partial charge on any atom is 0.256 e. The van der Waals surface area contributed by atoms with E-state index in [1.54, 1.807) is 25.3 Å². The Hall–Kier alpha value is -0.600. The van der Waals surface area contributed by atoms with Crippen molar-refractivity contribution in [1.29, 1.82) is 0 Å². The average molecular weight is 511 g/mol. The summed E-state index contributed by atoms with van der Waals surface area (Å²) < 4.78 is 7.72. The number of nitrogens with one attached hydrogen (secondary N) is 1. The highest BCUT2D eigenvalue weighted by atomic mass is 127. The van der Waals surface area contributed by atoms with Gasteiger partial charge >= 0.3 is 0 Å². The molecule has 20 heavy (non-hydrogen) atoms. The van der Waals surface area contributed by atoms with Crippen LogP contribution in [-0.2, 0) is 0 Å². The van der Waals surface area contributed by atoms with Gasteiger partial charge in [-0.05, 0) is 74.9 Å². The lowest BCUT2D eigenvalue weighted by atomic mass is 10.2. The molecule has 1 amide bonds. The van der Waals surface area contributed by atoms with Crippen LogP contribution in [0.3, 0.4) is 0 Å². The highest BCUT2D eigenvalue weighted by Gasteiger charge is 2.11. The molecular weight excluding hydrogens is 501 g/mol. The molecule has 0 aliphatic rings. The van der Waals surface area contributed by atoms with Gasteiger partial charge in [0.05, 0.1) is 17.1 Å². The Labute approximate surface area is 147 Å². The summed E-state index contributed by atoms with van der Waals surface area (Å²) in [5.74, 6) is 0.577. The van der Waals surface area contributed by atoms with Crippen LogP contribution >= 0.6 is 54.5 Å². The summed E-state index contributed by atoms with van der Waals surface area (Å²) >= 11 is 8.91. The molecule has 0 atom stereocenters. The smallest absolute Gasteiger partial charge is 0.256 e. The van der Waals surface area contributed by atoms with Crippen LogP contribution in [0.1, 0.15) is 10.4 Å². The van der Waals surface area contributed by atoms with Crippen molar-refractivity contribution < 1.29 is 9.53 Å². The summed E-state index contributed by atoms with van der Waals surface area (Å²) in [4.78, 5) is 12.3. The van der Waals surface area contributed by atoms with Gasteiger partial charge in [-0.1, -0.05) is 15.9 Å². The zero-order chi connectivity index (χ0) is 14.7. The minimum atomic E-state index is -0.146. The lowest BCUT2D eigenvalue weighted by molar-refractivity contribution is 0.102. The van der Waals surface area contributed by atoms with Crippen LogP contribution in [0.4, 0.5) is 5.69 Å². The van der Waals surface area contributed by atoms with Crippen molar-refractivity contribution in [3.05, 3.63) is 54.5 Å². The molecule has 2 rings (SSSR count). The van der Waals surface area contributed by atoms with Gasteiger partial charge in [-0.25, -0.2) is 0 Å². The van der Waals surface area contributed by atoms with Gasteiger partial charge in [0.25, 0.3) is 5.91 Å². The molecule has 104 valence electrons. The fraction of sp³-hybridized carbons (Fsp3) is 0.0714. The molecule has 2 aromatic carbocycles. The van der Waals surface area contributed by atoms with Crippen LogP contribution in [0.5, 0.6) is 5.75 Å². The van der Waals surface area contributed by atoms with E-state index in [0.717, 1.165) is 18.3 Å². The third-order valence-electron chi connectivity index (χ3n) is 2.58. The molecule has 3 nitrogen and oxygen atoms in total. The van der Waals surface area contributed by atoms with Crippen molar-refractivity contribution in [1.82, 2.24) is 0 Å². The number of rotatable bonds is 3. The van der Waals surface area contributed by atoms with Crippen molar-refractivity contribution in [3.63, 3.8) is 0 Å². The molecule has 2 aromatic rings. The van der Waals surface area contributed by atoms with E-state index in [9.17, 15) is 4.79 Å². The van der Waals surface area contributed by atoms with Gasteiger partial charge in [-0.15, -0.1) is 0 Å². The second-order valence-electron chi connectivity index (χ2n) is 3.93. The molecule has 0 saturated carbocycles. The van der Waals surface area contributed by atoms with Crippen LogP contribution in [0.15, 0.2) is 45.3 Å². The molecule has 0 spiro atoms. The molecule has 0 aliphatic heterocycles. The van der Waals surface area contributed by atoms with E-state index in [0.29, 0.717) is 11.3 Å². The Morgan fingerprint density at radius 1 is 1.20 bits per heavy atom. The van der Waals surface area contributed by atoms with Crippen LogP contribution in [0, 0.1) is 3.57 Å². The highest BCUT2D eigenvalue weighted by molar-refractivity contribution is 14.1. The zero-order valence-electron chi connectivity index (χ0n) is 10.4. The summed E-state index contributed by atoms with van der Waals surface area (Å²) in [7, 11) is 1.60. The van der Waals surface area contributed by atoms with Gasteiger partial charge in [0, 0.05) is 13.7 Å². The van der Waals surface area contributed by atoms with Gasteiger partial charge in [-0.3, -0.25) is 4.79 Å². The first-order chi connectivity index (χ1) is 9.51. The van der Waals surface area contributed by atoms with Crippen molar-refractivity contribution >= 4 is 66.0 Å². The van der Waals surface area contributed by atoms with Gasteiger partial charge in [0.15, 0.2) is 0 Å². The Kier molecular flexibility index (Phi) is 5.45. The molecule has 0 fully saturated rings. The molecule has 0 heterocycles. The number of hydrogen-bond acceptors (Lipinski definition) is 2. The number of anilines is 1. The number of carbonyl (C=O) groups is 1. The highest BCUT2D eigenvalue weighted by Crippen LogP contribution is 2.28. The largest absolute Gasteiger partial charge is 0.496 e. The standard InChI is InChI=1S/C14H10Br2INO2/c1-20-13-5-3-9(7-11(13)16)18-14(19)10-6-8(15)2-4-12(10)17/h2-7H,1H3,(H,18,19). The molecule has 6 heteroatoms. The molecule has 0 aliphatic carbocycles. The first kappa shape index (κ1) is 15.8. The van der Waals surface area contributed by atoms with Crippen LogP contribution < -0.4 is 10.1 Å². The molecule has 0 unspecified atom stereocenters. The number of hydrogen-bond donors (Lipinski definition) is 1. The van der Waals surface area contributed by atoms with E-state index < -0.39 is 0 Å². The first-order valence-electron chi connectivity index (χ1n) is 5.61. The van der Waals surface area contributed by atoms with Gasteiger partial charge in [-0.2, -0.15) is 0 Å². The fourth-order valence-corrected chi connectivity index (χ4v) is 3.10. The minimum Gasteiger partial charge on any atom is -0.496 e. The quantitative estimate of drug-likeness (QED) is 0.585. The van der Waals surface area contributed by atoms with Gasteiger partial charge in [0.2, 0.25) is 0 Å². The van der Waals surface area contributed by atoms with Gasteiger partial charge in [0.1, 0.15) is 5.75 Å². The third kappa shape index (κ3) is 3.73. The molecular formula is C14H10Br2INO2. The normalized spacial score (nSPS) is 10.2. The van der Waals surface area contributed by atoms with E-state index in [1.165, 1.54) is 0 Å². The third-order valence-corrected chi connectivity index (χ3v) is 4.64. The minimum absolute atomic E-state index is 0.146. The summed E-state index contributed by atoms with van der Waals surface area (Å²) in [6.45, 7) is 0. The second kappa shape index (κ2) is 6.91. The Balaban J connectivity index is 2.23. The summed E-state index contributed by atoms with van der Waals surface area (Å²) in [6, 6.07) is 11.0. The number of methoxy groups -OCH3 is 1. The predicted octanol–water partition coefficient (Wildman–Crippen LogP) is 5.08. The predicted molar refractivity (Wildman–Crippen MR) is 95.5 cm³/mol. The Bertz CT molecular complexity index is 662. The van der Waals surface area contributed by atoms with Crippen LogP contribution in [0.2, 0.25) is 0 Å². The average Bonchev–Trinajstić information content (AvgIpc) is 2.41. The number of halogens is 3. The molecule has 1 N–H and O–H groups in total. The van der Waals surface area contributed by atoms with Crippen LogP contribution in [-0.4, -0.2) is 13.0 Å². The van der Waals surface area contributed by atoms with E-state index in [2.05, 4.69) is 59.8 Å².